The molecule has 3 heteroatoms. The Morgan fingerprint density at radius 1 is 0.895 bits per heavy atom. The van der Waals surface area contributed by atoms with Crippen molar-refractivity contribution in [2.24, 2.45) is 5.73 Å². The molecular formula is C16H34N2O. The highest BCUT2D eigenvalue weighted by molar-refractivity contribution is 5.75. The van der Waals surface area contributed by atoms with E-state index in [2.05, 4.69) is 6.92 Å². The highest BCUT2D eigenvalue weighted by Gasteiger charge is 2.06. The molecular weight excluding hydrogens is 236 g/mol. The van der Waals surface area contributed by atoms with Gasteiger partial charge in [-0.15, -0.1) is 0 Å². The van der Waals surface area contributed by atoms with Crippen molar-refractivity contribution in [2.45, 2.75) is 77.6 Å². The monoisotopic (exact) mass is 270 g/mol. The molecule has 0 unspecified atom stereocenters. The molecule has 0 rings (SSSR count). The summed E-state index contributed by atoms with van der Waals surface area (Å²) in [6, 6.07) is 0. The van der Waals surface area contributed by atoms with E-state index in [0.29, 0.717) is 13.0 Å². The van der Waals surface area contributed by atoms with E-state index in [-0.39, 0.29) is 5.91 Å². The van der Waals surface area contributed by atoms with Crippen LogP contribution in [-0.2, 0) is 4.79 Å². The summed E-state index contributed by atoms with van der Waals surface area (Å²) in [5.41, 5.74) is 5.44. The Hall–Kier alpha value is -0.570. The zero-order valence-corrected chi connectivity index (χ0v) is 13.1. The third kappa shape index (κ3) is 12.2. The quantitative estimate of drug-likeness (QED) is 0.519. The van der Waals surface area contributed by atoms with Crippen molar-refractivity contribution >= 4 is 5.91 Å². The number of hydrogen-bond acceptors (Lipinski definition) is 2. The van der Waals surface area contributed by atoms with Gasteiger partial charge in [-0.25, -0.2) is 0 Å². The number of unbranched alkanes of at least 4 members (excludes halogenated alkanes) is 8. The smallest absolute Gasteiger partial charge is 0.222 e. The lowest BCUT2D eigenvalue weighted by atomic mass is 10.1. The first-order valence-electron chi connectivity index (χ1n) is 8.16. The van der Waals surface area contributed by atoms with E-state index < -0.39 is 0 Å². The van der Waals surface area contributed by atoms with Crippen LogP contribution < -0.4 is 5.73 Å². The maximum absolute atomic E-state index is 11.7. The zero-order valence-electron chi connectivity index (χ0n) is 13.1. The maximum Gasteiger partial charge on any atom is 0.222 e. The number of hydrogen-bond donors (Lipinski definition) is 1. The number of nitrogens with zero attached hydrogens (tertiary/aromatic N) is 1. The molecule has 0 atom stereocenters. The summed E-state index contributed by atoms with van der Waals surface area (Å²) in [5.74, 6) is 0.274. The van der Waals surface area contributed by atoms with E-state index in [1.54, 1.807) is 0 Å². The molecule has 0 bridgehead atoms. The molecule has 0 radical (unpaired) electrons. The second-order valence-corrected chi connectivity index (χ2v) is 5.54. The molecule has 0 saturated carbocycles. The van der Waals surface area contributed by atoms with Gasteiger partial charge in [-0.05, 0) is 19.4 Å². The largest absolute Gasteiger partial charge is 0.346 e. The summed E-state index contributed by atoms with van der Waals surface area (Å²) in [6.07, 6.45) is 13.3. The number of carbonyl (C=O) groups excluding carboxylic acids is 1. The minimum Gasteiger partial charge on any atom is -0.346 e. The highest BCUT2D eigenvalue weighted by atomic mass is 16.2. The molecule has 0 saturated heterocycles. The van der Waals surface area contributed by atoms with Crippen LogP contribution in [0.1, 0.15) is 77.6 Å². The number of nitrogens with two attached hydrogens (primary N) is 1. The molecule has 114 valence electrons. The van der Waals surface area contributed by atoms with Gasteiger partial charge in [0.2, 0.25) is 5.91 Å². The van der Waals surface area contributed by atoms with Gasteiger partial charge in [0, 0.05) is 20.0 Å². The maximum atomic E-state index is 11.7. The van der Waals surface area contributed by atoms with Gasteiger partial charge in [-0.3, -0.25) is 4.79 Å². The molecule has 1 amide bonds. The third-order valence-electron chi connectivity index (χ3n) is 3.62. The first-order chi connectivity index (χ1) is 9.22. The van der Waals surface area contributed by atoms with Crippen LogP contribution in [0.2, 0.25) is 0 Å². The zero-order chi connectivity index (χ0) is 14.3. The Bertz CT molecular complexity index is 207. The van der Waals surface area contributed by atoms with Crippen molar-refractivity contribution in [3.05, 3.63) is 0 Å². The fraction of sp³-hybridized carbons (Fsp3) is 0.938. The SMILES string of the molecule is CCCCCCCCCCCC(=O)N(C)CCCN. The van der Waals surface area contributed by atoms with Crippen molar-refractivity contribution in [2.75, 3.05) is 20.1 Å². The number of rotatable bonds is 13. The van der Waals surface area contributed by atoms with Crippen molar-refractivity contribution in [1.82, 2.24) is 4.90 Å². The highest BCUT2D eigenvalue weighted by Crippen LogP contribution is 2.11. The van der Waals surface area contributed by atoms with E-state index >= 15 is 0 Å². The summed E-state index contributed by atoms with van der Waals surface area (Å²) >= 11 is 0. The van der Waals surface area contributed by atoms with Gasteiger partial charge >= 0.3 is 0 Å². The van der Waals surface area contributed by atoms with Crippen molar-refractivity contribution in [3.63, 3.8) is 0 Å². The second-order valence-electron chi connectivity index (χ2n) is 5.54. The summed E-state index contributed by atoms with van der Waals surface area (Å²) in [6.45, 7) is 3.71. The predicted octanol–water partition coefficient (Wildman–Crippen LogP) is 3.71. The van der Waals surface area contributed by atoms with Crippen LogP contribution >= 0.6 is 0 Å². The molecule has 0 fully saturated rings. The minimum atomic E-state index is 0.274. The average molecular weight is 270 g/mol. The lowest BCUT2D eigenvalue weighted by Crippen LogP contribution is -2.28. The van der Waals surface area contributed by atoms with Crippen LogP contribution in [-0.4, -0.2) is 30.9 Å². The predicted molar refractivity (Wildman–Crippen MR) is 83.2 cm³/mol. The Balaban J connectivity index is 3.27. The number of carbonyl (C=O) groups is 1. The van der Waals surface area contributed by atoms with Crippen molar-refractivity contribution < 1.29 is 4.79 Å². The summed E-state index contributed by atoms with van der Waals surface area (Å²) in [5, 5.41) is 0. The van der Waals surface area contributed by atoms with Gasteiger partial charge in [0.15, 0.2) is 0 Å². The lowest BCUT2D eigenvalue weighted by molar-refractivity contribution is -0.130. The Morgan fingerprint density at radius 3 is 1.95 bits per heavy atom. The summed E-state index contributed by atoms with van der Waals surface area (Å²) in [7, 11) is 1.88. The van der Waals surface area contributed by atoms with Crippen LogP contribution in [0.25, 0.3) is 0 Å². The Labute approximate surface area is 119 Å². The van der Waals surface area contributed by atoms with Gasteiger partial charge < -0.3 is 10.6 Å². The van der Waals surface area contributed by atoms with Crippen LogP contribution in [0.5, 0.6) is 0 Å². The van der Waals surface area contributed by atoms with Crippen molar-refractivity contribution in [3.8, 4) is 0 Å². The van der Waals surface area contributed by atoms with E-state index in [4.69, 9.17) is 5.73 Å². The molecule has 0 spiro atoms. The average Bonchev–Trinajstić information content (AvgIpc) is 2.42. The molecule has 19 heavy (non-hydrogen) atoms. The van der Waals surface area contributed by atoms with Crippen LogP contribution in [0.3, 0.4) is 0 Å². The van der Waals surface area contributed by atoms with E-state index in [0.717, 1.165) is 19.4 Å². The van der Waals surface area contributed by atoms with Gasteiger partial charge in [0.05, 0.1) is 0 Å². The summed E-state index contributed by atoms with van der Waals surface area (Å²) < 4.78 is 0. The van der Waals surface area contributed by atoms with Crippen molar-refractivity contribution in [1.29, 1.82) is 0 Å². The fourth-order valence-electron chi connectivity index (χ4n) is 2.23. The Kier molecular flexibility index (Phi) is 13.4. The van der Waals surface area contributed by atoms with Gasteiger partial charge in [0.1, 0.15) is 0 Å². The van der Waals surface area contributed by atoms with Gasteiger partial charge in [-0.2, -0.15) is 0 Å². The lowest BCUT2D eigenvalue weighted by Gasteiger charge is -2.16. The molecule has 0 aromatic heterocycles. The first-order valence-corrected chi connectivity index (χ1v) is 8.16. The normalized spacial score (nSPS) is 10.7. The summed E-state index contributed by atoms with van der Waals surface area (Å²) in [4.78, 5) is 13.6. The van der Waals surface area contributed by atoms with Crippen LogP contribution in [0.4, 0.5) is 0 Å². The van der Waals surface area contributed by atoms with E-state index in [9.17, 15) is 4.79 Å². The van der Waals surface area contributed by atoms with Gasteiger partial charge in [-0.1, -0.05) is 58.3 Å². The molecule has 0 aliphatic heterocycles. The Morgan fingerprint density at radius 2 is 1.42 bits per heavy atom. The fourth-order valence-corrected chi connectivity index (χ4v) is 2.23. The topological polar surface area (TPSA) is 46.3 Å². The van der Waals surface area contributed by atoms with Crippen LogP contribution in [0, 0.1) is 0 Å². The molecule has 0 heterocycles. The standard InChI is InChI=1S/C16H34N2O/c1-3-4-5-6-7-8-9-10-11-13-16(19)18(2)15-12-14-17/h3-15,17H2,1-2H3. The molecule has 0 aromatic rings. The molecule has 3 nitrogen and oxygen atoms in total. The minimum absolute atomic E-state index is 0.274. The molecule has 0 aromatic carbocycles. The van der Waals surface area contributed by atoms with Crippen LogP contribution in [0.15, 0.2) is 0 Å². The first kappa shape index (κ1) is 18.4. The number of amides is 1. The molecule has 2 N–H and O–H groups in total. The third-order valence-corrected chi connectivity index (χ3v) is 3.62. The van der Waals surface area contributed by atoms with Gasteiger partial charge in [0.25, 0.3) is 0 Å². The molecule has 0 aliphatic carbocycles. The van der Waals surface area contributed by atoms with E-state index in [1.165, 1.54) is 51.4 Å². The second kappa shape index (κ2) is 13.9. The molecule has 0 aliphatic rings. The van der Waals surface area contributed by atoms with E-state index in [1.807, 2.05) is 11.9 Å².